The van der Waals surface area contributed by atoms with Crippen molar-refractivity contribution in [2.24, 2.45) is 63.1 Å². The minimum absolute atomic E-state index is 0.00437. The molecule has 0 aromatic rings. The molecule has 0 spiro atoms. The maximum Gasteiger partial charge on any atom is 0.158 e. The molecule has 18 atom stereocenters. The molecule has 9 nitrogen and oxygen atoms in total. The average molecular weight is 723 g/mol. The Morgan fingerprint density at radius 1 is 0.635 bits per heavy atom. The van der Waals surface area contributed by atoms with Crippen LogP contribution in [0.15, 0.2) is 23.3 Å². The molecule has 0 heterocycles. The normalized spacial score (nSPS) is 56.0. The lowest BCUT2D eigenvalue weighted by atomic mass is 9.46. The highest BCUT2D eigenvalue weighted by Gasteiger charge is 2.71. The van der Waals surface area contributed by atoms with Gasteiger partial charge in [-0.1, -0.05) is 55.9 Å². The molecule has 0 amide bonds. The number of hydrogen-bond acceptors (Lipinski definition) is 9. The van der Waals surface area contributed by atoms with Crippen LogP contribution in [-0.4, -0.2) is 101 Å². The van der Waals surface area contributed by atoms with Crippen LogP contribution < -0.4 is 0 Å². The van der Waals surface area contributed by atoms with E-state index in [0.29, 0.717) is 38.0 Å². The third-order valence-electron chi connectivity index (χ3n) is 17.4. The first kappa shape index (κ1) is 38.5. The fourth-order valence-electron chi connectivity index (χ4n) is 14.4. The first-order valence-electron chi connectivity index (χ1n) is 19.9. The third kappa shape index (κ3) is 4.90. The highest BCUT2D eigenvalue weighted by molar-refractivity contribution is 5.34. The Morgan fingerprint density at radius 3 is 1.48 bits per heavy atom. The zero-order valence-electron chi connectivity index (χ0n) is 31.2. The highest BCUT2D eigenvalue weighted by atomic mass is 16.3. The van der Waals surface area contributed by atoms with Crippen molar-refractivity contribution in [3.63, 3.8) is 0 Å². The Hall–Kier alpha value is -1.76. The largest absolute Gasteiger partial charge is 0.396 e. The van der Waals surface area contributed by atoms with Crippen LogP contribution in [0.25, 0.3) is 0 Å². The predicted molar refractivity (Wildman–Crippen MR) is 195 cm³/mol. The summed E-state index contributed by atoms with van der Waals surface area (Å²) in [6.45, 7) is 6.05. The summed E-state index contributed by atoms with van der Waals surface area (Å²) in [4.78, 5) is 0. The number of hydrogen-bond donors (Lipinski definition) is 9. The Kier molecular flexibility index (Phi) is 9.56. The highest BCUT2D eigenvalue weighted by Crippen LogP contribution is 2.69. The van der Waals surface area contributed by atoms with Gasteiger partial charge in [0.05, 0.1) is 43.7 Å². The minimum atomic E-state index is -1.76. The van der Waals surface area contributed by atoms with Crippen LogP contribution in [0.2, 0.25) is 0 Å². The lowest BCUT2D eigenvalue weighted by molar-refractivity contribution is -0.160. The first-order valence-corrected chi connectivity index (χ1v) is 19.9. The molecule has 9 N–H and O–H groups in total. The molecular formula is C43H62O9. The summed E-state index contributed by atoms with van der Waals surface area (Å²) < 4.78 is 0. The molecule has 0 aromatic heterocycles. The van der Waals surface area contributed by atoms with E-state index in [0.717, 1.165) is 50.5 Å². The van der Waals surface area contributed by atoms with E-state index in [2.05, 4.69) is 25.7 Å². The Morgan fingerprint density at radius 2 is 1.06 bits per heavy atom. The smallest absolute Gasteiger partial charge is 0.158 e. The number of fused-ring (bicyclic) bond motifs is 10. The van der Waals surface area contributed by atoms with Crippen molar-refractivity contribution in [3.8, 4) is 24.7 Å². The van der Waals surface area contributed by atoms with Gasteiger partial charge in [0.2, 0.25) is 0 Å². The topological polar surface area (TPSA) is 182 Å². The number of terminal acetylenes is 2. The molecule has 52 heavy (non-hydrogen) atoms. The van der Waals surface area contributed by atoms with Crippen LogP contribution in [0.3, 0.4) is 0 Å². The molecule has 8 rings (SSSR count). The SMILES string of the molecule is C#C[C@]1(O)[C@H](C)CC2C3C(CC[C@@]21CO)[C@@]1(C)CC[C@@H](O)CC1=C[C@@H]3O.C#C[C@]1(O)[C@H](O)CC2C3C(CC[C@@]21CO)[C@@]1(C)CC[C@H](O)CC1=C[C@@H]3O. The van der Waals surface area contributed by atoms with Crippen molar-refractivity contribution in [2.45, 2.75) is 140 Å². The second kappa shape index (κ2) is 12.9. The number of aliphatic hydroxyl groups excluding tert-OH is 7. The van der Waals surface area contributed by atoms with Crippen molar-refractivity contribution in [3.05, 3.63) is 23.3 Å². The number of rotatable bonds is 2. The maximum absolute atomic E-state index is 11.3. The summed E-state index contributed by atoms with van der Waals surface area (Å²) in [7, 11) is 0. The quantitative estimate of drug-likeness (QED) is 0.153. The molecule has 0 aliphatic heterocycles. The van der Waals surface area contributed by atoms with Crippen LogP contribution in [0, 0.1) is 87.8 Å². The van der Waals surface area contributed by atoms with Gasteiger partial charge in [-0.2, -0.15) is 0 Å². The minimum Gasteiger partial charge on any atom is -0.396 e. The molecule has 8 aliphatic carbocycles. The van der Waals surface area contributed by atoms with Crippen LogP contribution in [0.4, 0.5) is 0 Å². The fourth-order valence-corrected chi connectivity index (χ4v) is 14.4. The molecule has 6 saturated carbocycles. The first-order chi connectivity index (χ1) is 24.5. The summed E-state index contributed by atoms with van der Waals surface area (Å²) >= 11 is 0. The Balaban J connectivity index is 0.000000162. The zero-order valence-corrected chi connectivity index (χ0v) is 31.2. The molecule has 6 fully saturated rings. The molecule has 0 radical (unpaired) electrons. The fraction of sp³-hybridized carbons (Fsp3) is 0.814. The molecule has 0 saturated heterocycles. The van der Waals surface area contributed by atoms with Gasteiger partial charge in [0.15, 0.2) is 5.60 Å². The van der Waals surface area contributed by atoms with E-state index < -0.39 is 40.3 Å². The summed E-state index contributed by atoms with van der Waals surface area (Å²) in [5.74, 6) is 5.04. The lowest BCUT2D eigenvalue weighted by Crippen LogP contribution is -2.61. The van der Waals surface area contributed by atoms with Gasteiger partial charge in [-0.05, 0) is 129 Å². The molecule has 0 bridgehead atoms. The summed E-state index contributed by atoms with van der Waals surface area (Å²) in [5.41, 5.74) is -2.54. The van der Waals surface area contributed by atoms with E-state index in [4.69, 9.17) is 12.8 Å². The van der Waals surface area contributed by atoms with Gasteiger partial charge in [0.1, 0.15) is 5.60 Å². The molecular weight excluding hydrogens is 660 g/mol. The van der Waals surface area contributed by atoms with Crippen LogP contribution in [0.5, 0.6) is 0 Å². The standard InChI is InChI=1S/C22H32O4.C21H30O5/c1-4-22(26)13(2)9-17-19-16(6-8-21(17,22)12-23)20(3)7-5-15(24)10-14(20)11-18(19)25;1-3-21(26)17(25)10-15-18-14(5-7-20(15,21)11-22)19(2)6-4-13(23)8-12(19)9-16(18)24/h1,11,13,15-19,23-26H,5-10,12H2,2-3H3;1,9,13-18,22-26H,4-8,10-11H2,2H3/t13-,15-,16?,17?,18+,19?,20+,21-,22+;13-,14?,15?,16-,17+,18?,19-,20+,21-/m10/s1. The Labute approximate surface area is 309 Å². The van der Waals surface area contributed by atoms with Crippen molar-refractivity contribution >= 4 is 0 Å². The molecule has 8 aliphatic rings. The second-order valence-corrected chi connectivity index (χ2v) is 19.0. The van der Waals surface area contributed by atoms with E-state index in [-0.39, 0.29) is 71.8 Å². The third-order valence-corrected chi connectivity index (χ3v) is 17.4. The van der Waals surface area contributed by atoms with Gasteiger partial charge in [0, 0.05) is 10.8 Å². The monoisotopic (exact) mass is 722 g/mol. The summed E-state index contributed by atoms with van der Waals surface area (Å²) in [5, 5.41) is 95.7. The predicted octanol–water partition coefficient (Wildman–Crippen LogP) is 2.45. The number of aliphatic hydroxyl groups is 9. The lowest BCUT2D eigenvalue weighted by Gasteiger charge is -2.59. The van der Waals surface area contributed by atoms with E-state index in [1.807, 2.05) is 19.1 Å². The molecule has 9 heteroatoms. The van der Waals surface area contributed by atoms with E-state index in [9.17, 15) is 46.0 Å². The van der Waals surface area contributed by atoms with Gasteiger partial charge >= 0.3 is 0 Å². The van der Waals surface area contributed by atoms with Crippen LogP contribution in [0.1, 0.15) is 97.8 Å². The van der Waals surface area contributed by atoms with Gasteiger partial charge in [-0.3, -0.25) is 0 Å². The molecule has 288 valence electrons. The van der Waals surface area contributed by atoms with Crippen molar-refractivity contribution in [2.75, 3.05) is 13.2 Å². The van der Waals surface area contributed by atoms with E-state index in [1.54, 1.807) is 0 Å². The molecule has 6 unspecified atom stereocenters. The van der Waals surface area contributed by atoms with Crippen molar-refractivity contribution in [1.82, 2.24) is 0 Å². The van der Waals surface area contributed by atoms with Crippen molar-refractivity contribution < 1.29 is 46.0 Å². The van der Waals surface area contributed by atoms with Gasteiger partial charge in [0.25, 0.3) is 0 Å². The van der Waals surface area contributed by atoms with Gasteiger partial charge in [-0.25, -0.2) is 0 Å². The van der Waals surface area contributed by atoms with Gasteiger partial charge < -0.3 is 46.0 Å². The Bertz CT molecular complexity index is 1450. The van der Waals surface area contributed by atoms with Crippen molar-refractivity contribution in [1.29, 1.82) is 0 Å². The summed E-state index contributed by atoms with van der Waals surface area (Å²) in [6.07, 6.45) is 20.6. The van der Waals surface area contributed by atoms with Crippen LogP contribution in [-0.2, 0) is 0 Å². The zero-order chi connectivity index (χ0) is 37.8. The van der Waals surface area contributed by atoms with E-state index in [1.165, 1.54) is 5.57 Å². The van der Waals surface area contributed by atoms with Crippen LogP contribution >= 0.6 is 0 Å². The molecule has 0 aromatic carbocycles. The van der Waals surface area contributed by atoms with Gasteiger partial charge in [-0.15, -0.1) is 12.8 Å². The van der Waals surface area contributed by atoms with E-state index >= 15 is 0 Å². The summed E-state index contributed by atoms with van der Waals surface area (Å²) in [6, 6.07) is 0. The second-order valence-electron chi connectivity index (χ2n) is 19.0. The maximum atomic E-state index is 11.3. The average Bonchev–Trinajstić information content (AvgIpc) is 3.50.